The van der Waals surface area contributed by atoms with Gasteiger partial charge in [-0.2, -0.15) is 4.98 Å². The van der Waals surface area contributed by atoms with Gasteiger partial charge in [0, 0.05) is 44.1 Å². The third kappa shape index (κ3) is 4.91. The van der Waals surface area contributed by atoms with Crippen LogP contribution >= 0.6 is 22.9 Å². The summed E-state index contributed by atoms with van der Waals surface area (Å²) in [5.41, 5.74) is 0.898. The Hall–Kier alpha value is -1.68. The summed E-state index contributed by atoms with van der Waals surface area (Å²) in [6.45, 7) is 6.08. The monoisotopic (exact) mass is 439 g/mol. The first-order chi connectivity index (χ1) is 14.0. The number of halogens is 1. The number of fused-ring (bicyclic) bond motifs is 1. The van der Waals surface area contributed by atoms with Crippen molar-refractivity contribution in [2.45, 2.75) is 19.4 Å². The van der Waals surface area contributed by atoms with Crippen molar-refractivity contribution < 1.29 is 14.6 Å². The van der Waals surface area contributed by atoms with E-state index in [0.29, 0.717) is 32.2 Å². The molecular weight excluding hydrogens is 414 g/mol. The number of anilines is 1. The fourth-order valence-corrected chi connectivity index (χ4v) is 5.45. The number of carbonyl (C=O) groups is 1. The maximum absolute atomic E-state index is 11.1. The van der Waals surface area contributed by atoms with E-state index in [1.54, 1.807) is 11.3 Å². The summed E-state index contributed by atoms with van der Waals surface area (Å²) in [5.74, 6) is 1.44. The predicted octanol–water partition coefficient (Wildman–Crippen LogP) is 3.00. The minimum Gasteiger partial charge on any atom is -0.465 e. The van der Waals surface area contributed by atoms with Gasteiger partial charge in [-0.25, -0.2) is 9.78 Å². The molecule has 29 heavy (non-hydrogen) atoms. The van der Waals surface area contributed by atoms with Gasteiger partial charge in [0.05, 0.1) is 23.4 Å². The second-order valence-electron chi connectivity index (χ2n) is 7.75. The highest BCUT2D eigenvalue weighted by molar-refractivity contribution is 7.19. The van der Waals surface area contributed by atoms with Crippen LogP contribution in [0, 0.1) is 5.92 Å². The Morgan fingerprint density at radius 1 is 1.31 bits per heavy atom. The molecule has 1 N–H and O–H groups in total. The molecule has 4 rings (SSSR count). The normalized spacial score (nSPS) is 18.7. The zero-order valence-electron chi connectivity index (χ0n) is 16.5. The number of nitrogens with zero attached hydrogens (tertiary/aromatic N) is 5. The number of hydrogen-bond donors (Lipinski definition) is 1. The van der Waals surface area contributed by atoms with E-state index < -0.39 is 6.09 Å². The maximum atomic E-state index is 11.1. The van der Waals surface area contributed by atoms with E-state index in [1.807, 2.05) is 0 Å². The van der Waals surface area contributed by atoms with Crippen molar-refractivity contribution in [1.29, 1.82) is 0 Å². The maximum Gasteiger partial charge on any atom is 0.407 e. The number of thiophene rings is 1. The molecule has 0 unspecified atom stereocenters. The molecule has 10 heteroatoms. The van der Waals surface area contributed by atoms with Gasteiger partial charge in [0.2, 0.25) is 5.28 Å². The summed E-state index contributed by atoms with van der Waals surface area (Å²) in [7, 11) is 2.12. The minimum absolute atomic E-state index is 0.280. The van der Waals surface area contributed by atoms with Crippen LogP contribution in [-0.4, -0.2) is 84.0 Å². The van der Waals surface area contributed by atoms with E-state index in [4.69, 9.17) is 21.4 Å². The van der Waals surface area contributed by atoms with Gasteiger partial charge >= 0.3 is 6.09 Å². The smallest absolute Gasteiger partial charge is 0.407 e. The van der Waals surface area contributed by atoms with Gasteiger partial charge in [0.1, 0.15) is 0 Å². The lowest BCUT2D eigenvalue weighted by molar-refractivity contribution is 0.116. The van der Waals surface area contributed by atoms with E-state index in [9.17, 15) is 4.79 Å². The first-order valence-electron chi connectivity index (χ1n) is 9.94. The third-order valence-electron chi connectivity index (χ3n) is 5.57. The Morgan fingerprint density at radius 2 is 2.03 bits per heavy atom. The minimum atomic E-state index is -0.807. The van der Waals surface area contributed by atoms with Crippen molar-refractivity contribution in [2.75, 3.05) is 57.9 Å². The van der Waals surface area contributed by atoms with Crippen LogP contribution in [0.25, 0.3) is 10.2 Å². The topological polar surface area (TPSA) is 82.0 Å². The molecule has 0 radical (unpaired) electrons. The lowest BCUT2D eigenvalue weighted by atomic mass is 9.96. The van der Waals surface area contributed by atoms with Crippen molar-refractivity contribution in [2.24, 2.45) is 5.92 Å². The summed E-state index contributed by atoms with van der Waals surface area (Å²) in [6, 6.07) is 2.11. The molecule has 0 aliphatic carbocycles. The zero-order chi connectivity index (χ0) is 20.4. The Balaban J connectivity index is 1.42. The molecule has 2 aliphatic rings. The van der Waals surface area contributed by atoms with E-state index in [-0.39, 0.29) is 5.28 Å². The second kappa shape index (κ2) is 8.99. The zero-order valence-corrected chi connectivity index (χ0v) is 18.1. The van der Waals surface area contributed by atoms with E-state index in [0.717, 1.165) is 55.1 Å². The summed E-state index contributed by atoms with van der Waals surface area (Å²) in [6.07, 6.45) is 1.04. The molecule has 0 spiro atoms. The van der Waals surface area contributed by atoms with Crippen LogP contribution in [0.1, 0.15) is 17.7 Å². The van der Waals surface area contributed by atoms with Crippen molar-refractivity contribution >= 4 is 45.1 Å². The largest absolute Gasteiger partial charge is 0.465 e. The van der Waals surface area contributed by atoms with E-state index in [1.165, 1.54) is 9.78 Å². The standard InChI is InChI=1S/C19H26ClN5O3S/c1-23(11-13-2-4-25(5-3-13)19(26)27)12-14-10-15-16(29-14)17(22-18(20)21-15)24-6-8-28-9-7-24/h10,13H,2-9,11-12H2,1H3,(H,26,27). The SMILES string of the molecule is CN(Cc1cc2nc(Cl)nc(N3CCOCC3)c2s1)CC1CCN(C(=O)O)CC1. The van der Waals surface area contributed by atoms with Crippen molar-refractivity contribution in [3.05, 3.63) is 16.2 Å². The van der Waals surface area contributed by atoms with Crippen molar-refractivity contribution in [3.8, 4) is 0 Å². The molecular formula is C19H26ClN5O3S. The number of likely N-dealkylation sites (tertiary alicyclic amines) is 1. The Morgan fingerprint density at radius 3 is 2.72 bits per heavy atom. The van der Waals surface area contributed by atoms with Gasteiger partial charge in [-0.05, 0) is 43.5 Å². The lowest BCUT2D eigenvalue weighted by Gasteiger charge is -2.32. The Bertz CT molecular complexity index is 865. The molecule has 2 saturated heterocycles. The van der Waals surface area contributed by atoms with Crippen LogP contribution in [-0.2, 0) is 11.3 Å². The number of aromatic nitrogens is 2. The molecule has 0 bridgehead atoms. The highest BCUT2D eigenvalue weighted by Gasteiger charge is 2.24. The molecule has 8 nitrogen and oxygen atoms in total. The van der Waals surface area contributed by atoms with E-state index >= 15 is 0 Å². The predicted molar refractivity (Wildman–Crippen MR) is 114 cm³/mol. The van der Waals surface area contributed by atoms with E-state index in [2.05, 4.69) is 32.9 Å². The molecule has 2 aromatic rings. The van der Waals surface area contributed by atoms with Crippen LogP contribution in [0.15, 0.2) is 6.07 Å². The summed E-state index contributed by atoms with van der Waals surface area (Å²) in [5, 5.41) is 9.37. The highest BCUT2D eigenvalue weighted by atomic mass is 35.5. The van der Waals surface area contributed by atoms with Crippen molar-refractivity contribution in [3.63, 3.8) is 0 Å². The molecule has 2 aliphatic heterocycles. The number of carboxylic acid groups (broad SMARTS) is 1. The van der Waals surface area contributed by atoms with Crippen LogP contribution in [0.2, 0.25) is 5.28 Å². The Labute approximate surface area is 179 Å². The number of hydrogen-bond acceptors (Lipinski definition) is 7. The molecule has 158 valence electrons. The van der Waals surface area contributed by atoms with Gasteiger partial charge in [-0.1, -0.05) is 0 Å². The molecule has 4 heterocycles. The second-order valence-corrected chi connectivity index (χ2v) is 9.23. The summed E-state index contributed by atoms with van der Waals surface area (Å²) < 4.78 is 6.53. The molecule has 2 aromatic heterocycles. The number of piperidine rings is 1. The van der Waals surface area contributed by atoms with Gasteiger partial charge in [0.25, 0.3) is 0 Å². The average molecular weight is 440 g/mol. The number of amides is 1. The van der Waals surface area contributed by atoms with Gasteiger partial charge < -0.3 is 24.5 Å². The molecule has 0 saturated carbocycles. The lowest BCUT2D eigenvalue weighted by Crippen LogP contribution is -2.40. The third-order valence-corrected chi connectivity index (χ3v) is 6.84. The highest BCUT2D eigenvalue weighted by Crippen LogP contribution is 2.34. The first-order valence-corrected chi connectivity index (χ1v) is 11.1. The molecule has 0 atom stereocenters. The molecule has 2 fully saturated rings. The summed E-state index contributed by atoms with van der Waals surface area (Å²) >= 11 is 7.92. The van der Waals surface area contributed by atoms with Gasteiger partial charge in [-0.15, -0.1) is 11.3 Å². The number of morpholine rings is 1. The first kappa shape index (κ1) is 20.6. The average Bonchev–Trinajstić information content (AvgIpc) is 3.10. The van der Waals surface area contributed by atoms with Crippen LogP contribution in [0.3, 0.4) is 0 Å². The fourth-order valence-electron chi connectivity index (χ4n) is 4.08. The van der Waals surface area contributed by atoms with Gasteiger partial charge in [0.15, 0.2) is 5.82 Å². The molecule has 0 aromatic carbocycles. The molecule has 1 amide bonds. The Kier molecular flexibility index (Phi) is 6.38. The number of ether oxygens (including phenoxy) is 1. The summed E-state index contributed by atoms with van der Waals surface area (Å²) in [4.78, 5) is 27.3. The van der Waals surface area contributed by atoms with Crippen molar-refractivity contribution in [1.82, 2.24) is 19.8 Å². The number of rotatable bonds is 5. The van der Waals surface area contributed by atoms with Crippen LogP contribution in [0.5, 0.6) is 0 Å². The van der Waals surface area contributed by atoms with Crippen LogP contribution in [0.4, 0.5) is 10.6 Å². The van der Waals surface area contributed by atoms with Crippen LogP contribution < -0.4 is 4.90 Å². The fraction of sp³-hybridized carbons (Fsp3) is 0.632. The quantitative estimate of drug-likeness (QED) is 0.717. The van der Waals surface area contributed by atoms with Gasteiger partial charge in [-0.3, -0.25) is 0 Å².